The number of aromatic nitrogens is 1. The predicted molar refractivity (Wildman–Crippen MR) is 122 cm³/mol. The number of ether oxygens (including phenoxy) is 1. The van der Waals surface area contributed by atoms with Crippen molar-refractivity contribution >= 4 is 22.9 Å². The number of aryl methyl sites for hydroxylation is 1. The first kappa shape index (κ1) is 21.3. The molecule has 7 heteroatoms. The number of hydrogen-bond donors (Lipinski definition) is 2. The summed E-state index contributed by atoms with van der Waals surface area (Å²) in [6.07, 6.45) is 6.30. The van der Waals surface area contributed by atoms with E-state index in [4.69, 9.17) is 9.84 Å². The van der Waals surface area contributed by atoms with Crippen LogP contribution < -0.4 is 5.32 Å². The normalized spacial score (nSPS) is 24.3. The van der Waals surface area contributed by atoms with E-state index in [1.54, 1.807) is 4.90 Å². The summed E-state index contributed by atoms with van der Waals surface area (Å²) in [6.45, 7) is 2.88. The van der Waals surface area contributed by atoms with Crippen LogP contribution in [0.3, 0.4) is 0 Å². The lowest BCUT2D eigenvalue weighted by Crippen LogP contribution is -2.49. The average Bonchev–Trinajstić information content (AvgIpc) is 3.10. The van der Waals surface area contributed by atoms with Crippen LogP contribution in [0.2, 0.25) is 0 Å². The van der Waals surface area contributed by atoms with Crippen molar-refractivity contribution in [2.75, 3.05) is 26.3 Å². The molecule has 2 aliphatic heterocycles. The van der Waals surface area contributed by atoms with Crippen LogP contribution in [0.25, 0.3) is 10.9 Å². The van der Waals surface area contributed by atoms with Crippen LogP contribution >= 0.6 is 0 Å². The maximum atomic E-state index is 13.3. The van der Waals surface area contributed by atoms with E-state index in [-0.39, 0.29) is 11.9 Å². The summed E-state index contributed by atoms with van der Waals surface area (Å²) in [5, 5.41) is 12.8. The zero-order valence-corrected chi connectivity index (χ0v) is 18.8. The van der Waals surface area contributed by atoms with Gasteiger partial charge in [0.1, 0.15) is 0 Å². The minimum atomic E-state index is -1.03. The third-order valence-corrected chi connectivity index (χ3v) is 7.87. The SMILES string of the molecule is Cn1c2c(c3cc(C(=O)N4CCC[C@H](NC(=O)O)C4)ccc31)CC(C1CCOCC1)CC2. The number of fused-ring (bicyclic) bond motifs is 3. The third-order valence-electron chi connectivity index (χ3n) is 7.87. The summed E-state index contributed by atoms with van der Waals surface area (Å²) in [7, 11) is 2.14. The van der Waals surface area contributed by atoms with Crippen molar-refractivity contribution in [3.63, 3.8) is 0 Å². The molecular weight excluding hydrogens is 406 g/mol. The van der Waals surface area contributed by atoms with Crippen molar-refractivity contribution in [1.29, 1.82) is 0 Å². The Morgan fingerprint density at radius 1 is 1.12 bits per heavy atom. The molecule has 0 radical (unpaired) electrons. The van der Waals surface area contributed by atoms with Gasteiger partial charge in [-0.05, 0) is 80.5 Å². The van der Waals surface area contributed by atoms with Crippen LogP contribution in [0.15, 0.2) is 18.2 Å². The minimum absolute atomic E-state index is 0.00168. The summed E-state index contributed by atoms with van der Waals surface area (Å²) >= 11 is 0. The molecule has 0 bridgehead atoms. The number of likely N-dealkylation sites (tertiary alicyclic amines) is 1. The molecule has 2 saturated heterocycles. The highest BCUT2D eigenvalue weighted by molar-refractivity contribution is 5.99. The first-order valence-electron chi connectivity index (χ1n) is 12.0. The maximum absolute atomic E-state index is 13.3. The molecule has 2 amide bonds. The molecule has 3 aliphatic rings. The lowest BCUT2D eigenvalue weighted by Gasteiger charge is -2.33. The van der Waals surface area contributed by atoms with Crippen LogP contribution in [0, 0.1) is 11.8 Å². The summed E-state index contributed by atoms with van der Waals surface area (Å²) < 4.78 is 7.89. The molecule has 7 nitrogen and oxygen atoms in total. The first-order valence-corrected chi connectivity index (χ1v) is 12.0. The van der Waals surface area contributed by atoms with Gasteiger partial charge >= 0.3 is 6.09 Å². The van der Waals surface area contributed by atoms with Crippen molar-refractivity contribution < 1.29 is 19.4 Å². The first-order chi connectivity index (χ1) is 15.5. The highest BCUT2D eigenvalue weighted by atomic mass is 16.5. The second kappa shape index (κ2) is 8.77. The summed E-state index contributed by atoms with van der Waals surface area (Å²) in [6, 6.07) is 5.90. The largest absolute Gasteiger partial charge is 0.465 e. The zero-order chi connectivity index (χ0) is 22.2. The van der Waals surface area contributed by atoms with Crippen molar-refractivity contribution in [1.82, 2.24) is 14.8 Å². The van der Waals surface area contributed by atoms with Gasteiger partial charge < -0.3 is 24.6 Å². The van der Waals surface area contributed by atoms with E-state index in [2.05, 4.69) is 29.1 Å². The molecule has 3 heterocycles. The second-order valence-electron chi connectivity index (χ2n) is 9.71. The number of carbonyl (C=O) groups is 2. The van der Waals surface area contributed by atoms with Gasteiger partial charge in [-0.15, -0.1) is 0 Å². The molecule has 1 aromatic heterocycles. The van der Waals surface area contributed by atoms with Crippen LogP contribution in [0.4, 0.5) is 4.79 Å². The number of carboxylic acid groups (broad SMARTS) is 1. The quantitative estimate of drug-likeness (QED) is 0.766. The van der Waals surface area contributed by atoms with Gasteiger partial charge in [0.25, 0.3) is 5.91 Å². The molecule has 32 heavy (non-hydrogen) atoms. The number of nitrogens with one attached hydrogen (secondary N) is 1. The third kappa shape index (κ3) is 3.98. The molecular formula is C25H33N3O4. The number of rotatable bonds is 3. The number of amides is 2. The fourth-order valence-electron chi connectivity index (χ4n) is 6.17. The fourth-order valence-corrected chi connectivity index (χ4v) is 6.17. The van der Waals surface area contributed by atoms with Gasteiger partial charge in [-0.3, -0.25) is 4.79 Å². The molecule has 1 unspecified atom stereocenters. The van der Waals surface area contributed by atoms with E-state index in [0.29, 0.717) is 24.6 Å². The molecule has 2 aromatic rings. The van der Waals surface area contributed by atoms with E-state index in [1.165, 1.54) is 28.6 Å². The lowest BCUT2D eigenvalue weighted by molar-refractivity contribution is 0.0439. The number of nitrogens with zero attached hydrogens (tertiary/aromatic N) is 2. The molecule has 172 valence electrons. The van der Waals surface area contributed by atoms with Gasteiger partial charge in [-0.25, -0.2) is 4.79 Å². The molecule has 5 rings (SSSR count). The Balaban J connectivity index is 1.40. The van der Waals surface area contributed by atoms with Crippen LogP contribution in [-0.4, -0.2) is 58.9 Å². The highest BCUT2D eigenvalue weighted by Crippen LogP contribution is 2.39. The lowest BCUT2D eigenvalue weighted by atomic mass is 9.75. The van der Waals surface area contributed by atoms with Crippen molar-refractivity contribution in [3.05, 3.63) is 35.0 Å². The summed E-state index contributed by atoms with van der Waals surface area (Å²) in [4.78, 5) is 26.1. The second-order valence-corrected chi connectivity index (χ2v) is 9.71. The number of hydrogen-bond acceptors (Lipinski definition) is 3. The molecule has 1 aliphatic carbocycles. The number of carbonyl (C=O) groups excluding carboxylic acids is 1. The van der Waals surface area contributed by atoms with E-state index in [9.17, 15) is 9.59 Å². The van der Waals surface area contributed by atoms with Gasteiger partial charge in [0.05, 0.1) is 0 Å². The van der Waals surface area contributed by atoms with Gasteiger partial charge in [-0.1, -0.05) is 0 Å². The Morgan fingerprint density at radius 3 is 2.72 bits per heavy atom. The summed E-state index contributed by atoms with van der Waals surface area (Å²) in [5.74, 6) is 1.43. The Morgan fingerprint density at radius 2 is 1.94 bits per heavy atom. The average molecular weight is 440 g/mol. The minimum Gasteiger partial charge on any atom is -0.465 e. The Hall–Kier alpha value is -2.54. The predicted octanol–water partition coefficient (Wildman–Crippen LogP) is 3.58. The van der Waals surface area contributed by atoms with Gasteiger partial charge in [-0.2, -0.15) is 0 Å². The zero-order valence-electron chi connectivity index (χ0n) is 18.8. The van der Waals surface area contributed by atoms with Crippen molar-refractivity contribution in [3.8, 4) is 0 Å². The maximum Gasteiger partial charge on any atom is 0.404 e. The Kier molecular flexibility index (Phi) is 5.84. The molecule has 2 atom stereocenters. The molecule has 0 saturated carbocycles. The van der Waals surface area contributed by atoms with Gasteiger partial charge in [0, 0.05) is 61.6 Å². The van der Waals surface area contributed by atoms with E-state index in [1.807, 2.05) is 6.07 Å². The molecule has 2 N–H and O–H groups in total. The van der Waals surface area contributed by atoms with Gasteiger partial charge in [0.2, 0.25) is 0 Å². The van der Waals surface area contributed by atoms with E-state index >= 15 is 0 Å². The van der Waals surface area contributed by atoms with E-state index < -0.39 is 6.09 Å². The highest BCUT2D eigenvalue weighted by Gasteiger charge is 2.31. The molecule has 1 aromatic carbocycles. The Bertz CT molecular complexity index is 1020. The van der Waals surface area contributed by atoms with Crippen LogP contribution in [0.1, 0.15) is 53.7 Å². The van der Waals surface area contributed by atoms with Crippen molar-refractivity contribution in [2.45, 2.75) is 51.0 Å². The van der Waals surface area contributed by atoms with E-state index in [0.717, 1.165) is 57.7 Å². The van der Waals surface area contributed by atoms with Crippen LogP contribution in [-0.2, 0) is 24.6 Å². The fraction of sp³-hybridized carbons (Fsp3) is 0.600. The van der Waals surface area contributed by atoms with Crippen LogP contribution in [0.5, 0.6) is 0 Å². The smallest absolute Gasteiger partial charge is 0.404 e. The molecule has 2 fully saturated rings. The monoisotopic (exact) mass is 439 g/mol. The molecule has 0 spiro atoms. The number of piperidine rings is 1. The summed E-state index contributed by atoms with van der Waals surface area (Å²) in [5.41, 5.74) is 4.74. The van der Waals surface area contributed by atoms with Crippen molar-refractivity contribution in [2.24, 2.45) is 18.9 Å². The number of benzene rings is 1. The topological polar surface area (TPSA) is 83.8 Å². The Labute approximate surface area is 188 Å². The van der Waals surface area contributed by atoms with Gasteiger partial charge in [0.15, 0.2) is 0 Å². The standard InChI is InChI=1S/C25H33N3O4/c1-27-22-6-4-17(16-8-11-32-12-9-16)13-20(22)21-14-18(5-7-23(21)27)24(29)28-10-2-3-19(15-28)26-25(30)31/h5,7,14,16-17,19,26H,2-4,6,8-13,15H2,1H3,(H,30,31)/t17?,19-/m0/s1.